The Balaban J connectivity index is 2.48. The number of nitro groups is 1. The molecule has 0 spiro atoms. The number of benzene rings is 1. The molecular weight excluding hydrogens is 334 g/mol. The second-order valence-electron chi connectivity index (χ2n) is 5.67. The van der Waals surface area contributed by atoms with E-state index in [-0.39, 0.29) is 5.69 Å². The molecule has 0 aliphatic carbocycles. The van der Waals surface area contributed by atoms with Gasteiger partial charge in [0.15, 0.2) is 5.92 Å². The Morgan fingerprint density at radius 3 is 2.32 bits per heavy atom. The molecule has 1 aromatic carbocycles. The standard InChI is InChI=1S/C16H19NO8/c1-16(24-4)12(11(14(18)23-3)15(19)25-16)13(22-2)9-5-7-10(8-6-9)17(20)21/h5-8,11-13H,1-4H3/t11-,12+,13?,16+/m1/s1. The lowest BCUT2D eigenvalue weighted by Crippen LogP contribution is -2.42. The minimum atomic E-state index is -1.42. The normalized spacial score (nSPS) is 26.8. The summed E-state index contributed by atoms with van der Waals surface area (Å²) in [6.45, 7) is 1.52. The molecule has 9 heteroatoms. The molecule has 2 rings (SSSR count). The number of ether oxygens (including phenoxy) is 4. The van der Waals surface area contributed by atoms with Gasteiger partial charge in [0.05, 0.1) is 24.1 Å². The summed E-state index contributed by atoms with van der Waals surface area (Å²) in [5, 5.41) is 10.8. The molecule has 0 amide bonds. The van der Waals surface area contributed by atoms with Gasteiger partial charge in [-0.05, 0) is 17.7 Å². The van der Waals surface area contributed by atoms with Crippen molar-refractivity contribution in [1.82, 2.24) is 0 Å². The quantitative estimate of drug-likeness (QED) is 0.328. The van der Waals surface area contributed by atoms with E-state index in [4.69, 9.17) is 18.9 Å². The maximum atomic E-state index is 12.2. The van der Waals surface area contributed by atoms with Crippen LogP contribution in [-0.2, 0) is 28.5 Å². The van der Waals surface area contributed by atoms with Crippen molar-refractivity contribution in [3.63, 3.8) is 0 Å². The molecule has 0 aromatic heterocycles. The van der Waals surface area contributed by atoms with Crippen molar-refractivity contribution >= 4 is 17.6 Å². The molecule has 25 heavy (non-hydrogen) atoms. The number of nitrogens with zero attached hydrogens (tertiary/aromatic N) is 1. The first-order valence-corrected chi connectivity index (χ1v) is 7.42. The fourth-order valence-corrected chi connectivity index (χ4v) is 3.05. The number of rotatable bonds is 6. The highest BCUT2D eigenvalue weighted by Crippen LogP contribution is 2.47. The molecule has 1 aliphatic heterocycles. The van der Waals surface area contributed by atoms with E-state index in [1.165, 1.54) is 52.5 Å². The molecule has 1 unspecified atom stereocenters. The Kier molecular flexibility index (Phi) is 5.39. The monoisotopic (exact) mass is 353 g/mol. The van der Waals surface area contributed by atoms with E-state index >= 15 is 0 Å². The molecule has 1 heterocycles. The van der Waals surface area contributed by atoms with E-state index in [0.717, 1.165) is 0 Å². The minimum Gasteiger partial charge on any atom is -0.468 e. The number of hydrogen-bond acceptors (Lipinski definition) is 8. The van der Waals surface area contributed by atoms with E-state index in [1.807, 2.05) is 0 Å². The molecule has 4 atom stereocenters. The minimum absolute atomic E-state index is 0.0867. The summed E-state index contributed by atoms with van der Waals surface area (Å²) in [6.07, 6.45) is -0.790. The van der Waals surface area contributed by atoms with Gasteiger partial charge in [0.1, 0.15) is 0 Å². The van der Waals surface area contributed by atoms with Gasteiger partial charge in [-0.15, -0.1) is 0 Å². The van der Waals surface area contributed by atoms with Gasteiger partial charge in [-0.3, -0.25) is 19.7 Å². The van der Waals surface area contributed by atoms with Crippen LogP contribution in [0.4, 0.5) is 5.69 Å². The van der Waals surface area contributed by atoms with Crippen molar-refractivity contribution < 1.29 is 33.5 Å². The number of carbonyl (C=O) groups is 2. The summed E-state index contributed by atoms with van der Waals surface area (Å²) in [6, 6.07) is 5.63. The zero-order chi connectivity index (χ0) is 18.8. The van der Waals surface area contributed by atoms with Crippen LogP contribution in [0.2, 0.25) is 0 Å². The predicted molar refractivity (Wildman–Crippen MR) is 83.3 cm³/mol. The molecule has 0 N–H and O–H groups in total. The average molecular weight is 353 g/mol. The van der Waals surface area contributed by atoms with Crippen LogP contribution in [0.15, 0.2) is 24.3 Å². The van der Waals surface area contributed by atoms with Crippen molar-refractivity contribution in [2.24, 2.45) is 11.8 Å². The van der Waals surface area contributed by atoms with Crippen LogP contribution in [-0.4, -0.2) is 44.0 Å². The SMILES string of the molecule is COC(=O)[C@@H]1C(=O)O[C@](C)(OC)[C@@H]1C(OC)c1ccc([N+](=O)[O-])cc1. The predicted octanol–water partition coefficient (Wildman–Crippen LogP) is 1.61. The van der Waals surface area contributed by atoms with Crippen molar-refractivity contribution in [2.45, 2.75) is 18.8 Å². The number of non-ortho nitro benzene ring substituents is 1. The van der Waals surface area contributed by atoms with Crippen LogP contribution in [0.5, 0.6) is 0 Å². The van der Waals surface area contributed by atoms with Crippen molar-refractivity contribution in [2.75, 3.05) is 21.3 Å². The Morgan fingerprint density at radius 2 is 1.88 bits per heavy atom. The average Bonchev–Trinajstić information content (AvgIpc) is 2.87. The van der Waals surface area contributed by atoms with Crippen LogP contribution >= 0.6 is 0 Å². The third-order valence-electron chi connectivity index (χ3n) is 4.39. The van der Waals surface area contributed by atoms with Gasteiger partial charge in [0.2, 0.25) is 5.79 Å². The fraction of sp³-hybridized carbons (Fsp3) is 0.500. The van der Waals surface area contributed by atoms with Gasteiger partial charge in [0.25, 0.3) is 5.69 Å². The van der Waals surface area contributed by atoms with E-state index in [2.05, 4.69) is 0 Å². The van der Waals surface area contributed by atoms with E-state index < -0.39 is 40.6 Å². The van der Waals surface area contributed by atoms with Gasteiger partial charge < -0.3 is 18.9 Å². The third-order valence-corrected chi connectivity index (χ3v) is 4.39. The summed E-state index contributed by atoms with van der Waals surface area (Å²) in [7, 11) is 3.92. The number of hydrogen-bond donors (Lipinski definition) is 0. The van der Waals surface area contributed by atoms with Gasteiger partial charge in [-0.25, -0.2) is 0 Å². The smallest absolute Gasteiger partial charge is 0.323 e. The van der Waals surface area contributed by atoms with Crippen LogP contribution < -0.4 is 0 Å². The van der Waals surface area contributed by atoms with Crippen molar-refractivity contribution in [3.05, 3.63) is 39.9 Å². The first-order valence-electron chi connectivity index (χ1n) is 7.42. The van der Waals surface area contributed by atoms with Gasteiger partial charge in [-0.1, -0.05) is 0 Å². The molecule has 1 aliphatic rings. The lowest BCUT2D eigenvalue weighted by atomic mass is 9.81. The Morgan fingerprint density at radius 1 is 1.28 bits per heavy atom. The Labute approximate surface area is 144 Å². The first-order chi connectivity index (χ1) is 11.8. The zero-order valence-electron chi connectivity index (χ0n) is 14.3. The summed E-state index contributed by atoms with van der Waals surface area (Å²) < 4.78 is 20.8. The first kappa shape index (κ1) is 18.8. The molecule has 1 aromatic rings. The summed E-state index contributed by atoms with van der Waals surface area (Å²) >= 11 is 0. The lowest BCUT2D eigenvalue weighted by molar-refractivity contribution is -0.384. The lowest BCUT2D eigenvalue weighted by Gasteiger charge is -2.34. The highest BCUT2D eigenvalue weighted by atomic mass is 16.7. The number of nitro benzene ring substituents is 1. The van der Waals surface area contributed by atoms with E-state index in [0.29, 0.717) is 5.56 Å². The maximum Gasteiger partial charge on any atom is 0.323 e. The third kappa shape index (κ3) is 3.33. The zero-order valence-corrected chi connectivity index (χ0v) is 14.3. The molecule has 136 valence electrons. The molecule has 1 saturated heterocycles. The number of esters is 2. The van der Waals surface area contributed by atoms with Gasteiger partial charge in [-0.2, -0.15) is 0 Å². The van der Waals surface area contributed by atoms with E-state index in [1.54, 1.807) is 0 Å². The fourth-order valence-electron chi connectivity index (χ4n) is 3.05. The summed E-state index contributed by atoms with van der Waals surface area (Å²) in [4.78, 5) is 34.6. The van der Waals surface area contributed by atoms with Gasteiger partial charge >= 0.3 is 11.9 Å². The second kappa shape index (κ2) is 7.16. The molecule has 9 nitrogen and oxygen atoms in total. The number of cyclic esters (lactones) is 1. The highest BCUT2D eigenvalue weighted by Gasteiger charge is 2.60. The molecule has 1 fully saturated rings. The van der Waals surface area contributed by atoms with Crippen molar-refractivity contribution in [1.29, 1.82) is 0 Å². The van der Waals surface area contributed by atoms with E-state index in [9.17, 15) is 19.7 Å². The molecular formula is C16H19NO8. The van der Waals surface area contributed by atoms with Crippen LogP contribution in [0.1, 0.15) is 18.6 Å². The number of carbonyl (C=O) groups excluding carboxylic acids is 2. The summed E-state index contributed by atoms with van der Waals surface area (Å²) in [5.41, 5.74) is 0.449. The summed E-state index contributed by atoms with van der Waals surface area (Å²) in [5.74, 6) is -5.04. The van der Waals surface area contributed by atoms with Crippen LogP contribution in [0.25, 0.3) is 0 Å². The number of methoxy groups -OCH3 is 3. The molecule has 0 bridgehead atoms. The topological polar surface area (TPSA) is 114 Å². The highest BCUT2D eigenvalue weighted by molar-refractivity contribution is 5.97. The van der Waals surface area contributed by atoms with Gasteiger partial charge in [0, 0.05) is 33.3 Å². The Bertz CT molecular complexity index is 673. The van der Waals surface area contributed by atoms with Crippen LogP contribution in [0.3, 0.4) is 0 Å². The maximum absolute atomic E-state index is 12.2. The van der Waals surface area contributed by atoms with Crippen LogP contribution in [0, 0.1) is 22.0 Å². The second-order valence-corrected chi connectivity index (χ2v) is 5.67. The molecule has 0 radical (unpaired) electrons. The molecule has 0 saturated carbocycles. The van der Waals surface area contributed by atoms with Crippen molar-refractivity contribution in [3.8, 4) is 0 Å². The Hall–Kier alpha value is -2.52. The largest absolute Gasteiger partial charge is 0.468 e.